The van der Waals surface area contributed by atoms with Gasteiger partial charge in [-0.1, -0.05) is 18.5 Å². The van der Waals surface area contributed by atoms with Gasteiger partial charge < -0.3 is 5.32 Å². The van der Waals surface area contributed by atoms with Crippen molar-refractivity contribution in [3.8, 4) is 0 Å². The maximum absolute atomic E-state index is 6.01. The molecule has 0 aliphatic carbocycles. The molecule has 0 spiro atoms. The molecule has 1 fully saturated rings. The Bertz CT molecular complexity index is 332. The van der Waals surface area contributed by atoms with Crippen LogP contribution >= 0.6 is 23.4 Å². The quantitative estimate of drug-likeness (QED) is 0.805. The largest absolute Gasteiger partial charge is 0.379 e. The lowest BCUT2D eigenvalue weighted by Crippen LogP contribution is -2.32. The van der Waals surface area contributed by atoms with Gasteiger partial charge in [-0.3, -0.25) is 0 Å². The average Bonchev–Trinajstić information content (AvgIpc) is 2.24. The van der Waals surface area contributed by atoms with E-state index >= 15 is 0 Å². The van der Waals surface area contributed by atoms with Crippen molar-refractivity contribution in [2.24, 2.45) is 0 Å². The molecule has 1 saturated heterocycles. The van der Waals surface area contributed by atoms with Crippen molar-refractivity contribution in [2.75, 3.05) is 11.1 Å². The van der Waals surface area contributed by atoms with E-state index in [2.05, 4.69) is 17.2 Å². The van der Waals surface area contributed by atoms with Gasteiger partial charge in [0.25, 0.3) is 0 Å². The summed E-state index contributed by atoms with van der Waals surface area (Å²) in [7, 11) is 0. The summed E-state index contributed by atoms with van der Waals surface area (Å²) in [5.74, 6) is 1.28. The number of aromatic nitrogens is 1. The van der Waals surface area contributed by atoms with Gasteiger partial charge in [-0.2, -0.15) is 11.8 Å². The second-order valence-corrected chi connectivity index (χ2v) is 5.65. The van der Waals surface area contributed by atoms with Crippen LogP contribution < -0.4 is 5.32 Å². The summed E-state index contributed by atoms with van der Waals surface area (Å²) in [5, 5.41) is 4.70. The highest BCUT2D eigenvalue weighted by molar-refractivity contribution is 8.00. The summed E-state index contributed by atoms with van der Waals surface area (Å²) in [6, 6.07) is 4.42. The molecule has 1 aliphatic heterocycles. The third-order valence-electron chi connectivity index (χ3n) is 2.71. The van der Waals surface area contributed by atoms with Crippen LogP contribution in [0.3, 0.4) is 0 Å². The molecule has 1 aromatic rings. The number of thioether (sulfide) groups is 1. The lowest BCUT2D eigenvalue weighted by Gasteiger charge is -2.30. The van der Waals surface area contributed by atoms with Gasteiger partial charge in [-0.15, -0.1) is 0 Å². The molecule has 1 N–H and O–H groups in total. The van der Waals surface area contributed by atoms with Gasteiger partial charge >= 0.3 is 0 Å². The molecule has 2 heterocycles. The van der Waals surface area contributed by atoms with Crippen molar-refractivity contribution in [2.45, 2.75) is 31.1 Å². The van der Waals surface area contributed by atoms with Crippen LogP contribution in [0.4, 0.5) is 5.69 Å². The lowest BCUT2D eigenvalue weighted by molar-refractivity contribution is 0.617. The van der Waals surface area contributed by atoms with Gasteiger partial charge in [0.1, 0.15) is 0 Å². The number of anilines is 1. The molecule has 15 heavy (non-hydrogen) atoms. The fraction of sp³-hybridized carbons (Fsp3) is 0.545. The molecule has 0 aromatic carbocycles. The van der Waals surface area contributed by atoms with Gasteiger partial charge in [-0.25, -0.2) is 4.98 Å². The standard InChI is InChI=1S/C11H15ClN2S/c1-8-9(5-3-7-15-8)14-10-4-2-6-13-11(10)12/h2,4,6,8-9,14H,3,5,7H2,1H3. The van der Waals surface area contributed by atoms with E-state index in [1.165, 1.54) is 18.6 Å². The van der Waals surface area contributed by atoms with Crippen LogP contribution in [0.2, 0.25) is 5.15 Å². The minimum Gasteiger partial charge on any atom is -0.379 e. The Morgan fingerprint density at radius 3 is 3.20 bits per heavy atom. The number of hydrogen-bond acceptors (Lipinski definition) is 3. The number of halogens is 1. The molecular weight excluding hydrogens is 228 g/mol. The predicted molar refractivity (Wildman–Crippen MR) is 67.8 cm³/mol. The van der Waals surface area contributed by atoms with Gasteiger partial charge in [0.2, 0.25) is 0 Å². The summed E-state index contributed by atoms with van der Waals surface area (Å²) in [5.41, 5.74) is 0.957. The van der Waals surface area contributed by atoms with E-state index in [4.69, 9.17) is 11.6 Å². The third kappa shape index (κ3) is 2.79. The molecule has 0 amide bonds. The van der Waals surface area contributed by atoms with Crippen LogP contribution in [0, 0.1) is 0 Å². The van der Waals surface area contributed by atoms with Crippen LogP contribution in [-0.2, 0) is 0 Å². The van der Waals surface area contributed by atoms with Gasteiger partial charge in [0.15, 0.2) is 5.15 Å². The lowest BCUT2D eigenvalue weighted by atomic mass is 10.1. The fourth-order valence-electron chi connectivity index (χ4n) is 1.81. The maximum Gasteiger partial charge on any atom is 0.152 e. The zero-order chi connectivity index (χ0) is 10.7. The second-order valence-electron chi connectivity index (χ2n) is 3.81. The molecular formula is C11H15ClN2S. The first-order chi connectivity index (χ1) is 7.27. The highest BCUT2D eigenvalue weighted by Gasteiger charge is 2.22. The van der Waals surface area contributed by atoms with E-state index in [1.807, 2.05) is 23.9 Å². The Labute approximate surface area is 99.8 Å². The van der Waals surface area contributed by atoms with E-state index < -0.39 is 0 Å². The average molecular weight is 243 g/mol. The molecule has 1 aromatic heterocycles. The van der Waals surface area contributed by atoms with Crippen LogP contribution in [0.15, 0.2) is 18.3 Å². The van der Waals surface area contributed by atoms with E-state index in [1.54, 1.807) is 6.20 Å². The monoisotopic (exact) mass is 242 g/mol. The zero-order valence-corrected chi connectivity index (χ0v) is 10.3. The zero-order valence-electron chi connectivity index (χ0n) is 8.74. The first-order valence-electron chi connectivity index (χ1n) is 5.26. The van der Waals surface area contributed by atoms with Crippen molar-refractivity contribution in [3.05, 3.63) is 23.5 Å². The number of pyridine rings is 1. The van der Waals surface area contributed by atoms with Crippen LogP contribution in [-0.4, -0.2) is 22.0 Å². The fourth-order valence-corrected chi connectivity index (χ4v) is 3.12. The Morgan fingerprint density at radius 2 is 2.47 bits per heavy atom. The Balaban J connectivity index is 2.04. The van der Waals surface area contributed by atoms with Crippen molar-refractivity contribution in [3.63, 3.8) is 0 Å². The molecule has 82 valence electrons. The highest BCUT2D eigenvalue weighted by Crippen LogP contribution is 2.29. The van der Waals surface area contributed by atoms with E-state index in [9.17, 15) is 0 Å². The Kier molecular flexibility index (Phi) is 3.76. The van der Waals surface area contributed by atoms with E-state index in [-0.39, 0.29) is 0 Å². The number of nitrogens with one attached hydrogen (secondary N) is 1. The summed E-state index contributed by atoms with van der Waals surface area (Å²) in [6.07, 6.45) is 4.22. The molecule has 2 atom stereocenters. The topological polar surface area (TPSA) is 24.9 Å². The van der Waals surface area contributed by atoms with E-state index in [0.717, 1.165) is 5.69 Å². The van der Waals surface area contributed by atoms with Crippen molar-refractivity contribution in [1.29, 1.82) is 0 Å². The summed E-state index contributed by atoms with van der Waals surface area (Å²) < 4.78 is 0. The molecule has 0 saturated carbocycles. The number of nitrogens with zero attached hydrogens (tertiary/aromatic N) is 1. The molecule has 2 rings (SSSR count). The molecule has 0 radical (unpaired) electrons. The third-order valence-corrected chi connectivity index (χ3v) is 4.39. The van der Waals surface area contributed by atoms with Gasteiger partial charge in [-0.05, 0) is 30.7 Å². The summed E-state index contributed by atoms with van der Waals surface area (Å²) in [4.78, 5) is 4.07. The first-order valence-corrected chi connectivity index (χ1v) is 6.68. The van der Waals surface area contributed by atoms with Crippen molar-refractivity contribution < 1.29 is 0 Å². The Morgan fingerprint density at radius 1 is 1.60 bits per heavy atom. The SMILES string of the molecule is CC1SCCCC1Nc1cccnc1Cl. The molecule has 2 nitrogen and oxygen atoms in total. The minimum absolute atomic E-state index is 0.519. The molecule has 4 heteroatoms. The van der Waals surface area contributed by atoms with Gasteiger partial charge in [0.05, 0.1) is 5.69 Å². The van der Waals surface area contributed by atoms with Gasteiger partial charge in [0, 0.05) is 17.5 Å². The van der Waals surface area contributed by atoms with Crippen LogP contribution in [0.1, 0.15) is 19.8 Å². The first kappa shape index (κ1) is 11.1. The number of hydrogen-bond donors (Lipinski definition) is 1. The minimum atomic E-state index is 0.519. The van der Waals surface area contributed by atoms with E-state index in [0.29, 0.717) is 16.4 Å². The van der Waals surface area contributed by atoms with Crippen molar-refractivity contribution in [1.82, 2.24) is 4.98 Å². The van der Waals surface area contributed by atoms with Crippen molar-refractivity contribution >= 4 is 29.1 Å². The molecule has 2 unspecified atom stereocenters. The van der Waals surface area contributed by atoms with Crippen LogP contribution in [0.5, 0.6) is 0 Å². The maximum atomic E-state index is 6.01. The second kappa shape index (κ2) is 5.08. The Hall–Kier alpha value is -0.410. The predicted octanol–water partition coefficient (Wildman–Crippen LogP) is 3.43. The summed E-state index contributed by atoms with van der Waals surface area (Å²) >= 11 is 8.04. The molecule has 1 aliphatic rings. The smallest absolute Gasteiger partial charge is 0.152 e. The summed E-state index contributed by atoms with van der Waals surface area (Å²) in [6.45, 7) is 2.27. The number of rotatable bonds is 2. The normalized spacial score (nSPS) is 26.3. The highest BCUT2D eigenvalue weighted by atomic mass is 35.5. The molecule has 0 bridgehead atoms. The van der Waals surface area contributed by atoms with Crippen LogP contribution in [0.25, 0.3) is 0 Å².